The van der Waals surface area contributed by atoms with E-state index in [1.54, 1.807) is 6.20 Å². The summed E-state index contributed by atoms with van der Waals surface area (Å²) in [6, 6.07) is 7.64. The standard InChI is InChI=1S/C24H30N4O5/c1-2-32-18-9-3-4-10-19(18)33-17-8-7-13-28(16-17)21-15-25-14-20(26-21)27-22(29)24(23(30)31)11-5-6-12-24/h3-4,9-10,14-15,17H,2,5-8,11-13,16H2,1H3,(H,30,31)(H,26,27,29)/t17-/m1/s1. The van der Waals surface area contributed by atoms with E-state index in [4.69, 9.17) is 9.47 Å². The number of aliphatic carboxylic acids is 1. The zero-order valence-corrected chi connectivity index (χ0v) is 18.8. The van der Waals surface area contributed by atoms with Crippen LogP contribution in [0.15, 0.2) is 36.7 Å². The normalized spacial score (nSPS) is 19.7. The average molecular weight is 455 g/mol. The van der Waals surface area contributed by atoms with Gasteiger partial charge in [-0.1, -0.05) is 25.0 Å². The number of piperidine rings is 1. The summed E-state index contributed by atoms with van der Waals surface area (Å²) in [5, 5.41) is 12.3. The highest BCUT2D eigenvalue weighted by atomic mass is 16.5. The minimum Gasteiger partial charge on any atom is -0.490 e. The molecule has 4 rings (SSSR count). The second kappa shape index (κ2) is 10.1. The van der Waals surface area contributed by atoms with Crippen LogP contribution in [0.4, 0.5) is 11.6 Å². The number of rotatable bonds is 8. The van der Waals surface area contributed by atoms with Gasteiger partial charge in [-0.25, -0.2) is 4.98 Å². The molecule has 0 radical (unpaired) electrons. The third kappa shape index (κ3) is 5.02. The Kier molecular flexibility index (Phi) is 6.96. The first-order valence-electron chi connectivity index (χ1n) is 11.5. The van der Waals surface area contributed by atoms with Crippen molar-refractivity contribution < 1.29 is 24.2 Å². The quantitative estimate of drug-likeness (QED) is 0.583. The van der Waals surface area contributed by atoms with Crippen LogP contribution in [0.3, 0.4) is 0 Å². The van der Waals surface area contributed by atoms with Gasteiger partial charge in [-0.15, -0.1) is 0 Å². The Morgan fingerprint density at radius 2 is 1.94 bits per heavy atom. The monoisotopic (exact) mass is 454 g/mol. The molecule has 1 aromatic carbocycles. The molecule has 33 heavy (non-hydrogen) atoms. The van der Waals surface area contributed by atoms with Gasteiger partial charge in [0, 0.05) is 6.54 Å². The number of nitrogens with zero attached hydrogens (tertiary/aromatic N) is 3. The number of amides is 1. The first-order valence-corrected chi connectivity index (χ1v) is 11.5. The van der Waals surface area contributed by atoms with Gasteiger partial charge in [0.15, 0.2) is 17.3 Å². The Morgan fingerprint density at radius 1 is 1.18 bits per heavy atom. The lowest BCUT2D eigenvalue weighted by molar-refractivity contribution is -0.153. The van der Waals surface area contributed by atoms with Gasteiger partial charge in [0.05, 0.1) is 25.5 Å². The molecule has 0 unspecified atom stereocenters. The fourth-order valence-electron chi connectivity index (χ4n) is 4.57. The minimum absolute atomic E-state index is 0.0471. The lowest BCUT2D eigenvalue weighted by Gasteiger charge is -2.34. The van der Waals surface area contributed by atoms with Crippen molar-refractivity contribution >= 4 is 23.5 Å². The molecule has 9 nitrogen and oxygen atoms in total. The van der Waals surface area contributed by atoms with Crippen LogP contribution in [0, 0.1) is 5.41 Å². The van der Waals surface area contributed by atoms with Crippen LogP contribution in [0.25, 0.3) is 0 Å². The van der Waals surface area contributed by atoms with Gasteiger partial charge in [-0.2, -0.15) is 0 Å². The fraction of sp³-hybridized carbons (Fsp3) is 0.500. The lowest BCUT2D eigenvalue weighted by Crippen LogP contribution is -2.42. The summed E-state index contributed by atoms with van der Waals surface area (Å²) < 4.78 is 11.9. The number of nitrogens with one attached hydrogen (secondary N) is 1. The van der Waals surface area contributed by atoms with Crippen LogP contribution in [-0.4, -0.2) is 52.8 Å². The van der Waals surface area contributed by atoms with Gasteiger partial charge >= 0.3 is 5.97 Å². The van der Waals surface area contributed by atoms with E-state index in [1.807, 2.05) is 31.2 Å². The predicted octanol–water partition coefficient (Wildman–Crippen LogP) is 3.51. The third-order valence-corrected chi connectivity index (χ3v) is 6.31. The number of carboxylic acid groups (broad SMARTS) is 1. The molecule has 1 atom stereocenters. The SMILES string of the molecule is CCOc1ccccc1O[C@@H]1CCCN(c2cncc(NC(=O)C3(C(=O)O)CCCC3)n2)C1. The highest BCUT2D eigenvalue weighted by Gasteiger charge is 2.48. The minimum atomic E-state index is -1.38. The van der Waals surface area contributed by atoms with E-state index in [9.17, 15) is 14.7 Å². The Morgan fingerprint density at radius 3 is 2.67 bits per heavy atom. The number of carbonyl (C=O) groups excluding carboxylic acids is 1. The van der Waals surface area contributed by atoms with Crippen LogP contribution in [-0.2, 0) is 9.59 Å². The molecule has 1 aliphatic carbocycles. The first kappa shape index (κ1) is 22.8. The van der Waals surface area contributed by atoms with Crippen molar-refractivity contribution in [3.05, 3.63) is 36.7 Å². The second-order valence-corrected chi connectivity index (χ2v) is 8.52. The van der Waals surface area contributed by atoms with Gasteiger partial charge in [0.2, 0.25) is 5.91 Å². The molecule has 0 bridgehead atoms. The summed E-state index contributed by atoms with van der Waals surface area (Å²) in [4.78, 5) is 35.4. The molecule has 1 saturated heterocycles. The molecule has 2 aliphatic rings. The zero-order chi connectivity index (χ0) is 23.3. The molecular weight excluding hydrogens is 424 g/mol. The van der Waals surface area contributed by atoms with Crippen molar-refractivity contribution in [1.82, 2.24) is 9.97 Å². The number of hydrogen-bond acceptors (Lipinski definition) is 7. The molecule has 1 aliphatic heterocycles. The van der Waals surface area contributed by atoms with E-state index in [2.05, 4.69) is 20.2 Å². The van der Waals surface area contributed by atoms with Crippen LogP contribution in [0.1, 0.15) is 45.4 Å². The van der Waals surface area contributed by atoms with E-state index in [1.165, 1.54) is 6.20 Å². The van der Waals surface area contributed by atoms with Gasteiger partial charge in [-0.05, 0) is 44.7 Å². The van der Waals surface area contributed by atoms with E-state index >= 15 is 0 Å². The van der Waals surface area contributed by atoms with Gasteiger partial charge in [0.25, 0.3) is 0 Å². The molecule has 176 valence electrons. The summed E-state index contributed by atoms with van der Waals surface area (Å²) in [6.45, 7) is 3.91. The maximum absolute atomic E-state index is 12.8. The van der Waals surface area contributed by atoms with Crippen molar-refractivity contribution in [3.8, 4) is 11.5 Å². The van der Waals surface area contributed by atoms with Crippen LogP contribution in [0.2, 0.25) is 0 Å². The number of ether oxygens (including phenoxy) is 2. The number of hydrogen-bond donors (Lipinski definition) is 2. The lowest BCUT2D eigenvalue weighted by atomic mass is 9.85. The third-order valence-electron chi connectivity index (χ3n) is 6.31. The number of para-hydroxylation sites is 2. The van der Waals surface area contributed by atoms with Crippen molar-refractivity contribution in [2.24, 2.45) is 5.41 Å². The maximum atomic E-state index is 12.8. The van der Waals surface area contributed by atoms with Crippen molar-refractivity contribution in [1.29, 1.82) is 0 Å². The summed E-state index contributed by atoms with van der Waals surface area (Å²) in [6.07, 6.45) is 7.01. The second-order valence-electron chi connectivity index (χ2n) is 8.52. The van der Waals surface area contributed by atoms with Crippen molar-refractivity contribution in [3.63, 3.8) is 0 Å². The van der Waals surface area contributed by atoms with E-state index in [-0.39, 0.29) is 11.9 Å². The molecule has 0 spiro atoms. The number of carbonyl (C=O) groups is 2. The zero-order valence-electron chi connectivity index (χ0n) is 18.8. The molecule has 1 aromatic heterocycles. The molecule has 1 saturated carbocycles. The van der Waals surface area contributed by atoms with Crippen molar-refractivity contribution in [2.45, 2.75) is 51.6 Å². The number of benzene rings is 1. The van der Waals surface area contributed by atoms with Crippen LogP contribution >= 0.6 is 0 Å². The fourth-order valence-corrected chi connectivity index (χ4v) is 4.57. The van der Waals surface area contributed by atoms with E-state index < -0.39 is 17.3 Å². The molecule has 2 N–H and O–H groups in total. The van der Waals surface area contributed by atoms with Gasteiger partial charge in [0.1, 0.15) is 17.3 Å². The Balaban J connectivity index is 1.44. The first-order chi connectivity index (χ1) is 16.0. The summed E-state index contributed by atoms with van der Waals surface area (Å²) in [5.74, 6) is 0.718. The Labute approximate surface area is 193 Å². The molecule has 2 heterocycles. The summed E-state index contributed by atoms with van der Waals surface area (Å²) >= 11 is 0. The topological polar surface area (TPSA) is 114 Å². The highest BCUT2D eigenvalue weighted by Crippen LogP contribution is 2.39. The van der Waals surface area contributed by atoms with Gasteiger partial charge in [-0.3, -0.25) is 14.6 Å². The summed E-state index contributed by atoms with van der Waals surface area (Å²) in [7, 11) is 0. The van der Waals surface area contributed by atoms with E-state index in [0.29, 0.717) is 37.6 Å². The van der Waals surface area contributed by atoms with E-state index in [0.717, 1.165) is 38.0 Å². The average Bonchev–Trinajstić information content (AvgIpc) is 3.33. The van der Waals surface area contributed by atoms with Crippen LogP contribution < -0.4 is 19.7 Å². The number of aromatic nitrogens is 2. The molecule has 9 heteroatoms. The maximum Gasteiger partial charge on any atom is 0.319 e. The Hall–Kier alpha value is -3.36. The number of anilines is 2. The van der Waals surface area contributed by atoms with Gasteiger partial charge < -0.3 is 24.8 Å². The number of carboxylic acids is 1. The predicted molar refractivity (Wildman–Crippen MR) is 123 cm³/mol. The molecule has 2 fully saturated rings. The molecule has 2 aromatic rings. The molecule has 1 amide bonds. The summed E-state index contributed by atoms with van der Waals surface area (Å²) in [5.41, 5.74) is -1.38. The van der Waals surface area contributed by atoms with Crippen LogP contribution in [0.5, 0.6) is 11.5 Å². The largest absolute Gasteiger partial charge is 0.490 e. The highest BCUT2D eigenvalue weighted by molar-refractivity contribution is 6.08. The Bertz CT molecular complexity index is 992. The molecular formula is C24H30N4O5. The van der Waals surface area contributed by atoms with Crippen molar-refractivity contribution in [2.75, 3.05) is 29.9 Å². The smallest absolute Gasteiger partial charge is 0.319 e.